The van der Waals surface area contributed by atoms with Crippen molar-refractivity contribution in [2.24, 2.45) is 11.8 Å². The largest absolute Gasteiger partial charge is 0.396 e. The summed E-state index contributed by atoms with van der Waals surface area (Å²) in [7, 11) is 1.91. The van der Waals surface area contributed by atoms with Crippen LogP contribution in [0.5, 0.6) is 0 Å². The van der Waals surface area contributed by atoms with Crippen molar-refractivity contribution >= 4 is 5.91 Å². The molecule has 1 fully saturated rings. The summed E-state index contributed by atoms with van der Waals surface area (Å²) >= 11 is 0. The third-order valence-corrected chi connectivity index (χ3v) is 4.58. The lowest BCUT2D eigenvalue weighted by Gasteiger charge is -2.45. The molecule has 0 saturated heterocycles. The van der Waals surface area contributed by atoms with Gasteiger partial charge in [0.15, 0.2) is 0 Å². The lowest BCUT2D eigenvalue weighted by atomic mass is 9.72. The summed E-state index contributed by atoms with van der Waals surface area (Å²) < 4.78 is 0. The summed E-state index contributed by atoms with van der Waals surface area (Å²) in [5.74, 6) is 1.15. The van der Waals surface area contributed by atoms with Crippen LogP contribution in [-0.2, 0) is 4.79 Å². The normalized spacial score (nSPS) is 25.7. The van der Waals surface area contributed by atoms with Crippen molar-refractivity contribution in [2.75, 3.05) is 13.7 Å². The maximum atomic E-state index is 11.8. The topological polar surface area (TPSA) is 40.5 Å². The fourth-order valence-electron chi connectivity index (χ4n) is 2.93. The number of aliphatic hydroxyl groups excluding tert-OH is 1. The second-order valence-electron chi connectivity index (χ2n) is 5.87. The number of hydrogen-bond donors (Lipinski definition) is 1. The van der Waals surface area contributed by atoms with Crippen LogP contribution in [0.3, 0.4) is 0 Å². The van der Waals surface area contributed by atoms with E-state index in [4.69, 9.17) is 0 Å². The fraction of sp³-hybridized carbons (Fsp3) is 0.929. The Labute approximate surface area is 105 Å². The van der Waals surface area contributed by atoms with Crippen LogP contribution in [-0.4, -0.2) is 35.1 Å². The Hall–Kier alpha value is -0.570. The first kappa shape index (κ1) is 14.5. The molecule has 0 radical (unpaired) electrons. The van der Waals surface area contributed by atoms with Crippen molar-refractivity contribution in [3.8, 4) is 0 Å². The monoisotopic (exact) mass is 241 g/mol. The summed E-state index contributed by atoms with van der Waals surface area (Å²) in [5.41, 5.74) is -0.0963. The van der Waals surface area contributed by atoms with Crippen LogP contribution in [0.4, 0.5) is 0 Å². The Morgan fingerprint density at radius 1 is 1.41 bits per heavy atom. The number of hydrogen-bond acceptors (Lipinski definition) is 2. The molecule has 1 rings (SSSR count). The van der Waals surface area contributed by atoms with E-state index in [1.54, 1.807) is 0 Å². The Morgan fingerprint density at radius 3 is 2.59 bits per heavy atom. The van der Waals surface area contributed by atoms with Crippen LogP contribution in [0.25, 0.3) is 0 Å². The maximum absolute atomic E-state index is 11.8. The van der Waals surface area contributed by atoms with Gasteiger partial charge in [0.1, 0.15) is 0 Å². The lowest BCUT2D eigenvalue weighted by molar-refractivity contribution is -0.137. The van der Waals surface area contributed by atoms with Crippen molar-refractivity contribution < 1.29 is 9.90 Å². The van der Waals surface area contributed by atoms with Gasteiger partial charge in [-0.25, -0.2) is 0 Å². The van der Waals surface area contributed by atoms with Gasteiger partial charge >= 0.3 is 0 Å². The highest BCUT2D eigenvalue weighted by Gasteiger charge is 2.38. The lowest BCUT2D eigenvalue weighted by Crippen LogP contribution is -2.51. The van der Waals surface area contributed by atoms with Gasteiger partial charge in [-0.1, -0.05) is 13.3 Å². The highest BCUT2D eigenvalue weighted by molar-refractivity contribution is 5.76. The van der Waals surface area contributed by atoms with Gasteiger partial charge in [0.05, 0.1) is 0 Å². The van der Waals surface area contributed by atoms with E-state index in [-0.39, 0.29) is 18.1 Å². The smallest absolute Gasteiger partial charge is 0.222 e. The molecule has 0 spiro atoms. The molecule has 3 heteroatoms. The van der Waals surface area contributed by atoms with Crippen LogP contribution >= 0.6 is 0 Å². The first-order valence-corrected chi connectivity index (χ1v) is 6.81. The molecular weight excluding hydrogens is 214 g/mol. The zero-order valence-corrected chi connectivity index (χ0v) is 11.7. The fourth-order valence-corrected chi connectivity index (χ4v) is 2.93. The molecule has 0 heterocycles. The zero-order valence-electron chi connectivity index (χ0n) is 11.7. The molecule has 100 valence electrons. The maximum Gasteiger partial charge on any atom is 0.222 e. The minimum atomic E-state index is -0.0963. The van der Waals surface area contributed by atoms with Gasteiger partial charge < -0.3 is 10.0 Å². The van der Waals surface area contributed by atoms with E-state index in [2.05, 4.69) is 13.8 Å². The van der Waals surface area contributed by atoms with Gasteiger partial charge in [-0.15, -0.1) is 0 Å². The van der Waals surface area contributed by atoms with Crippen molar-refractivity contribution in [3.05, 3.63) is 0 Å². The van der Waals surface area contributed by atoms with Gasteiger partial charge in [-0.2, -0.15) is 0 Å². The molecule has 0 bridgehead atoms. The molecule has 0 aromatic rings. The van der Waals surface area contributed by atoms with Gasteiger partial charge in [-0.05, 0) is 44.9 Å². The molecule has 1 aliphatic rings. The zero-order chi connectivity index (χ0) is 13.1. The van der Waals surface area contributed by atoms with Crippen molar-refractivity contribution in [2.45, 2.75) is 58.4 Å². The van der Waals surface area contributed by atoms with Crippen LogP contribution < -0.4 is 0 Å². The second kappa shape index (κ2) is 5.85. The minimum Gasteiger partial charge on any atom is -0.396 e. The molecule has 0 aliphatic heterocycles. The average Bonchev–Trinajstić information content (AvgIpc) is 2.36. The van der Waals surface area contributed by atoms with Gasteiger partial charge in [0, 0.05) is 25.6 Å². The number of nitrogens with zero attached hydrogens (tertiary/aromatic N) is 1. The summed E-state index contributed by atoms with van der Waals surface area (Å²) in [5, 5.41) is 9.29. The highest BCUT2D eigenvalue weighted by atomic mass is 16.3. The van der Waals surface area contributed by atoms with Crippen LogP contribution in [0.2, 0.25) is 0 Å². The van der Waals surface area contributed by atoms with E-state index in [1.165, 1.54) is 12.8 Å². The average molecular weight is 241 g/mol. The predicted molar refractivity (Wildman–Crippen MR) is 69.7 cm³/mol. The van der Waals surface area contributed by atoms with E-state index >= 15 is 0 Å². The van der Waals surface area contributed by atoms with Crippen molar-refractivity contribution in [1.29, 1.82) is 0 Å². The first-order chi connectivity index (χ1) is 7.93. The Bertz CT molecular complexity index is 263. The van der Waals surface area contributed by atoms with E-state index in [0.29, 0.717) is 18.3 Å². The van der Waals surface area contributed by atoms with Crippen LogP contribution in [0, 0.1) is 11.8 Å². The Morgan fingerprint density at radius 2 is 2.06 bits per heavy atom. The van der Waals surface area contributed by atoms with E-state index < -0.39 is 0 Å². The molecule has 0 aromatic heterocycles. The van der Waals surface area contributed by atoms with Crippen LogP contribution in [0.1, 0.15) is 52.9 Å². The standard InChI is InChI=1S/C14H27NO2/c1-5-13(17)15(4)14(2,3)12-8-6-7-11(9-12)10-16/h11-12,16H,5-10H2,1-4H3/t11-,12+/m1/s1. The molecule has 2 atom stereocenters. The summed E-state index contributed by atoms with van der Waals surface area (Å²) in [6.45, 7) is 6.51. The van der Waals surface area contributed by atoms with E-state index in [1.807, 2.05) is 18.9 Å². The first-order valence-electron chi connectivity index (χ1n) is 6.81. The highest BCUT2D eigenvalue weighted by Crippen LogP contribution is 2.38. The number of amides is 1. The molecular formula is C14H27NO2. The van der Waals surface area contributed by atoms with Crippen molar-refractivity contribution in [1.82, 2.24) is 4.90 Å². The third kappa shape index (κ3) is 3.21. The minimum absolute atomic E-state index is 0.0963. The predicted octanol–water partition coefficient (Wildman–Crippen LogP) is 2.43. The molecule has 1 saturated carbocycles. The molecule has 1 N–H and O–H groups in total. The number of aliphatic hydroxyl groups is 1. The molecule has 1 aliphatic carbocycles. The van der Waals surface area contributed by atoms with Gasteiger partial charge in [-0.3, -0.25) is 4.79 Å². The summed E-state index contributed by atoms with van der Waals surface area (Å²) in [6, 6.07) is 0. The number of carbonyl (C=O) groups is 1. The molecule has 0 unspecified atom stereocenters. The van der Waals surface area contributed by atoms with Gasteiger partial charge in [0.25, 0.3) is 0 Å². The van der Waals surface area contributed by atoms with Crippen molar-refractivity contribution in [3.63, 3.8) is 0 Å². The summed E-state index contributed by atoms with van der Waals surface area (Å²) in [4.78, 5) is 13.7. The van der Waals surface area contributed by atoms with Gasteiger partial charge in [0.2, 0.25) is 5.91 Å². The molecule has 0 aromatic carbocycles. The number of rotatable bonds is 4. The molecule has 17 heavy (non-hydrogen) atoms. The molecule has 3 nitrogen and oxygen atoms in total. The Kier molecular flexibility index (Phi) is 4.99. The SMILES string of the molecule is CCC(=O)N(C)C(C)(C)[C@H]1CCC[C@@H](CO)C1. The quantitative estimate of drug-likeness (QED) is 0.821. The van der Waals surface area contributed by atoms with E-state index in [9.17, 15) is 9.90 Å². The Balaban J connectivity index is 2.71. The second-order valence-corrected chi connectivity index (χ2v) is 5.87. The number of carbonyl (C=O) groups excluding carboxylic acids is 1. The van der Waals surface area contributed by atoms with E-state index in [0.717, 1.165) is 12.8 Å². The summed E-state index contributed by atoms with van der Waals surface area (Å²) in [6.07, 6.45) is 5.09. The molecule has 1 amide bonds. The van der Waals surface area contributed by atoms with Crippen LogP contribution in [0.15, 0.2) is 0 Å². The third-order valence-electron chi connectivity index (χ3n) is 4.58.